The number of nitrogens with zero attached hydrogens (tertiary/aromatic N) is 10. The highest BCUT2D eigenvalue weighted by Crippen LogP contribution is 2.40. The zero-order valence-corrected chi connectivity index (χ0v) is 46.5. The molecule has 20 nitrogen and oxygen atoms in total. The summed E-state index contributed by atoms with van der Waals surface area (Å²) in [6.07, 6.45) is 11.7. The number of rotatable bonds is 24. The molecule has 2 aliphatic heterocycles. The lowest BCUT2D eigenvalue weighted by molar-refractivity contribution is 0.473. The van der Waals surface area contributed by atoms with Crippen LogP contribution in [0.5, 0.6) is 0 Å². The molecule has 0 radical (unpaired) electrons. The summed E-state index contributed by atoms with van der Waals surface area (Å²) < 4.78 is 119. The minimum absolute atomic E-state index is 0.0141. The van der Waals surface area contributed by atoms with Crippen molar-refractivity contribution in [2.24, 2.45) is 0 Å². The normalized spacial score (nSPS) is 12.7. The molecule has 2 N–H and O–H groups in total. The third-order valence-corrected chi connectivity index (χ3v) is 20.2. The molecule has 7 aromatic rings. The van der Waals surface area contributed by atoms with Gasteiger partial charge >= 0.3 is 0 Å². The lowest BCUT2D eigenvalue weighted by atomic mass is 10.1. The molecular formula is C56H54N12O8S4. The smallest absolute Gasteiger partial charge is 0.243 e. The number of hydrogen-bond acceptors (Lipinski definition) is 14. The molecule has 0 amide bonds. The highest BCUT2D eigenvalue weighted by molar-refractivity contribution is 7.90. The molecule has 0 atom stereocenters. The monoisotopic (exact) mass is 1150 g/mol. The fraction of sp³-hybridized carbons (Fsp3) is 0.143. The molecule has 5 heterocycles. The average molecular weight is 1150 g/mol. The predicted octanol–water partition coefficient (Wildman–Crippen LogP) is 8.32. The Balaban J connectivity index is 1.43. The van der Waals surface area contributed by atoms with Gasteiger partial charge in [-0.1, -0.05) is 48.6 Å². The van der Waals surface area contributed by atoms with Gasteiger partial charge in [0.15, 0.2) is 23.3 Å². The third kappa shape index (κ3) is 10.2. The van der Waals surface area contributed by atoms with Crippen LogP contribution in [-0.2, 0) is 40.1 Å². The van der Waals surface area contributed by atoms with E-state index in [9.17, 15) is 33.7 Å². The maximum Gasteiger partial charge on any atom is 0.243 e. The SMILES string of the molecule is C=CCN(CC=C)S(=O)(=O)c1ccc2c(c1)-c1nc-2nc2[nH]c(nc3nc(nc4[nH]c(n1)c1ccc(S(=O)(=O)N(CC=C)CC=C)cc41)-c1ccc(S(=O)(=O)N(CC=C)CC=C)cc1-3)c1ccc(S(=O)(=O)N(CC=C)CC=C)cc21. The number of H-pyrrole nitrogens is 2. The summed E-state index contributed by atoms with van der Waals surface area (Å²) in [7, 11) is -16.8. The highest BCUT2D eigenvalue weighted by Gasteiger charge is 2.31. The molecule has 8 bridgehead atoms. The van der Waals surface area contributed by atoms with Crippen molar-refractivity contribution in [3.63, 3.8) is 0 Å². The van der Waals surface area contributed by atoms with Gasteiger partial charge in [0.2, 0.25) is 40.1 Å². The van der Waals surface area contributed by atoms with E-state index in [0.717, 1.165) is 0 Å². The second-order valence-electron chi connectivity index (χ2n) is 18.0. The van der Waals surface area contributed by atoms with Gasteiger partial charge in [0.1, 0.15) is 22.6 Å². The first-order chi connectivity index (χ1) is 38.3. The van der Waals surface area contributed by atoms with E-state index in [1.54, 1.807) is 12.1 Å². The molecule has 0 fully saturated rings. The zero-order valence-electron chi connectivity index (χ0n) is 43.2. The van der Waals surface area contributed by atoms with Crippen molar-refractivity contribution in [1.29, 1.82) is 0 Å². The van der Waals surface area contributed by atoms with E-state index in [-0.39, 0.29) is 140 Å². The van der Waals surface area contributed by atoms with Crippen LogP contribution >= 0.6 is 0 Å². The molecule has 80 heavy (non-hydrogen) atoms. The molecule has 24 heteroatoms. The standard InChI is InChI=1S/C56H54N12O8S4/c1-9-25-65(26-10-2)77(69,70)37-17-21-41-45(33-37)53-57-49(41)62-54-47-35-39(79(73,74)67(29-13-5)30-14-6)19-23-43(47)51(59-54)64-56-48-36-40(80(75,76)68(31-15-7)32-16-8)20-24-44(48)52(60-56)63-55-46-34-38(18-22-42(46)50(58-55)61-53)78(71,72)66(27-11-3)28-12-4/h9-24,33-36H,1-8,25-32H2,(H2,57,58,59,60,61,62,63,64). The van der Waals surface area contributed by atoms with Gasteiger partial charge in [-0.3, -0.25) is 0 Å². The van der Waals surface area contributed by atoms with E-state index >= 15 is 0 Å². The number of nitrogens with one attached hydrogen (secondary N) is 2. The zero-order chi connectivity index (χ0) is 57.3. The second kappa shape index (κ2) is 22.5. The summed E-state index contributed by atoms with van der Waals surface area (Å²) in [5, 5.41) is 1.26. The fourth-order valence-electron chi connectivity index (χ4n) is 9.18. The summed E-state index contributed by atoms with van der Waals surface area (Å²) in [5.74, 6) is 0.0331. The topological polar surface area (TPSA) is 258 Å². The van der Waals surface area contributed by atoms with Crippen molar-refractivity contribution < 1.29 is 33.7 Å². The van der Waals surface area contributed by atoms with E-state index in [1.807, 2.05) is 0 Å². The number of hydrogen-bond donors (Lipinski definition) is 2. The molecule has 0 spiro atoms. The Morgan fingerprint density at radius 3 is 0.825 bits per heavy atom. The van der Waals surface area contributed by atoms with Gasteiger partial charge in [-0.2, -0.15) is 17.2 Å². The van der Waals surface area contributed by atoms with Crippen LogP contribution in [-0.4, -0.2) is 143 Å². The van der Waals surface area contributed by atoms with E-state index in [4.69, 9.17) is 29.9 Å². The first-order valence-corrected chi connectivity index (χ1v) is 30.3. The molecule has 0 saturated heterocycles. The number of aromatic nitrogens is 8. The Kier molecular flexibility index (Phi) is 15.9. The largest absolute Gasteiger partial charge is 0.324 e. The van der Waals surface area contributed by atoms with Crippen LogP contribution in [0.3, 0.4) is 0 Å². The molecular weight excluding hydrogens is 1100 g/mol. The van der Waals surface area contributed by atoms with Crippen molar-refractivity contribution in [1.82, 2.24) is 57.1 Å². The lowest BCUT2D eigenvalue weighted by Gasteiger charge is -2.19. The Labute approximate surface area is 463 Å². The van der Waals surface area contributed by atoms with E-state index in [0.29, 0.717) is 21.9 Å². The molecule has 2 aliphatic rings. The van der Waals surface area contributed by atoms with E-state index in [1.165, 1.54) is 126 Å². The maximum atomic E-state index is 14.3. The van der Waals surface area contributed by atoms with Crippen LogP contribution in [0.4, 0.5) is 0 Å². The molecule has 9 rings (SSSR count). The molecule has 3 aromatic heterocycles. The summed E-state index contributed by atoms with van der Waals surface area (Å²) in [6, 6.07) is 17.6. The van der Waals surface area contributed by atoms with Crippen LogP contribution < -0.4 is 0 Å². The molecule has 0 unspecified atom stereocenters. The van der Waals surface area contributed by atoms with Gasteiger partial charge in [-0.25, -0.2) is 63.6 Å². The Hall–Kier alpha value is -8.20. The minimum Gasteiger partial charge on any atom is -0.324 e. The Morgan fingerprint density at radius 2 is 0.550 bits per heavy atom. The third-order valence-electron chi connectivity index (χ3n) is 12.9. The number of fused-ring (bicyclic) bond motifs is 20. The summed E-state index contributed by atoms with van der Waals surface area (Å²) in [4.78, 5) is 35.9. The van der Waals surface area contributed by atoms with E-state index < -0.39 is 40.1 Å². The van der Waals surface area contributed by atoms with Gasteiger partial charge in [-0.05, 0) is 72.8 Å². The van der Waals surface area contributed by atoms with E-state index in [2.05, 4.69) is 62.6 Å². The predicted molar refractivity (Wildman–Crippen MR) is 313 cm³/mol. The maximum absolute atomic E-state index is 14.3. The van der Waals surface area contributed by atoms with Gasteiger partial charge < -0.3 is 9.97 Å². The van der Waals surface area contributed by atoms with Crippen LogP contribution in [0.2, 0.25) is 0 Å². The summed E-state index contributed by atoms with van der Waals surface area (Å²) in [5.41, 5.74) is 1.53. The highest BCUT2D eigenvalue weighted by atomic mass is 32.2. The van der Waals surface area contributed by atoms with Crippen molar-refractivity contribution >= 4 is 84.2 Å². The van der Waals surface area contributed by atoms with Crippen LogP contribution in [0.15, 0.2) is 194 Å². The second-order valence-corrected chi connectivity index (χ2v) is 25.8. The Bertz CT molecular complexity index is 4120. The molecule has 0 aliphatic carbocycles. The quantitative estimate of drug-likeness (QED) is 0.0540. The first-order valence-electron chi connectivity index (χ1n) is 24.6. The van der Waals surface area contributed by atoms with Gasteiger partial charge in [0.25, 0.3) is 0 Å². The lowest BCUT2D eigenvalue weighted by Crippen LogP contribution is -2.31. The summed E-state index contributed by atoms with van der Waals surface area (Å²) >= 11 is 0. The Morgan fingerprint density at radius 1 is 0.312 bits per heavy atom. The molecule has 0 saturated carbocycles. The van der Waals surface area contributed by atoms with Crippen molar-refractivity contribution in [2.45, 2.75) is 19.6 Å². The van der Waals surface area contributed by atoms with Crippen LogP contribution in [0, 0.1) is 0 Å². The van der Waals surface area contributed by atoms with Gasteiger partial charge in [0.05, 0.1) is 19.6 Å². The van der Waals surface area contributed by atoms with Crippen LogP contribution in [0.1, 0.15) is 0 Å². The summed E-state index contributed by atoms with van der Waals surface area (Å²) in [6.45, 7) is 29.7. The fourth-order valence-corrected chi connectivity index (χ4v) is 14.8. The molecule has 410 valence electrons. The number of sulfonamides is 4. The number of aromatic amines is 2. The van der Waals surface area contributed by atoms with Gasteiger partial charge in [-0.15, -0.1) is 52.6 Å². The minimum atomic E-state index is -4.19. The average Bonchev–Trinajstić information content (AvgIpc) is 4.17. The van der Waals surface area contributed by atoms with Gasteiger partial charge in [0, 0.05) is 96.2 Å². The first kappa shape index (κ1) is 56.5. The number of benzene rings is 4. The van der Waals surface area contributed by atoms with Crippen molar-refractivity contribution in [3.8, 4) is 45.6 Å². The van der Waals surface area contributed by atoms with Crippen molar-refractivity contribution in [3.05, 3.63) is 174 Å². The van der Waals surface area contributed by atoms with Crippen LogP contribution in [0.25, 0.3) is 89.7 Å². The molecule has 4 aromatic carbocycles. The van der Waals surface area contributed by atoms with Crippen molar-refractivity contribution in [2.75, 3.05) is 52.4 Å².